The number of aldehydes is 1. The van der Waals surface area contributed by atoms with Gasteiger partial charge in [-0.2, -0.15) is 5.10 Å². The predicted molar refractivity (Wildman–Crippen MR) is 129 cm³/mol. The highest BCUT2D eigenvalue weighted by Crippen LogP contribution is 2.34. The summed E-state index contributed by atoms with van der Waals surface area (Å²) in [5.41, 5.74) is 2.92. The van der Waals surface area contributed by atoms with Gasteiger partial charge in [0.05, 0.1) is 17.3 Å². The van der Waals surface area contributed by atoms with Crippen LogP contribution in [0.2, 0.25) is 10.0 Å². The maximum absolute atomic E-state index is 13.1. The molecule has 0 radical (unpaired) electrons. The summed E-state index contributed by atoms with van der Waals surface area (Å²) >= 11 is 15.4. The summed E-state index contributed by atoms with van der Waals surface area (Å²) in [7, 11) is 0. The zero-order valence-electron chi connectivity index (χ0n) is 16.7. The van der Waals surface area contributed by atoms with Crippen molar-refractivity contribution in [2.75, 3.05) is 6.61 Å². The molecule has 3 aromatic carbocycles. The highest BCUT2D eigenvalue weighted by molar-refractivity contribution is 9.10. The van der Waals surface area contributed by atoms with E-state index in [4.69, 9.17) is 27.9 Å². The summed E-state index contributed by atoms with van der Waals surface area (Å²) in [6, 6.07) is 19.4. The van der Waals surface area contributed by atoms with Crippen molar-refractivity contribution in [1.29, 1.82) is 0 Å². The minimum Gasteiger partial charge on any atom is -0.483 e. The Morgan fingerprint density at radius 1 is 1.06 bits per heavy atom. The molecule has 1 unspecified atom stereocenters. The first-order valence-electron chi connectivity index (χ1n) is 9.73. The number of benzene rings is 3. The van der Waals surface area contributed by atoms with Gasteiger partial charge in [0.25, 0.3) is 5.91 Å². The Bertz CT molecular complexity index is 1180. The molecule has 0 saturated carbocycles. The molecule has 0 aliphatic carbocycles. The van der Waals surface area contributed by atoms with E-state index < -0.39 is 0 Å². The summed E-state index contributed by atoms with van der Waals surface area (Å²) in [4.78, 5) is 24.4. The summed E-state index contributed by atoms with van der Waals surface area (Å²) in [6.45, 7) is -0.260. The lowest BCUT2D eigenvalue weighted by Gasteiger charge is -2.22. The third kappa shape index (κ3) is 5.04. The summed E-state index contributed by atoms with van der Waals surface area (Å²) < 4.78 is 6.41. The maximum atomic E-state index is 13.1. The molecule has 1 atom stereocenters. The van der Waals surface area contributed by atoms with Gasteiger partial charge in [-0.1, -0.05) is 63.4 Å². The SMILES string of the molecule is O=Cc1cc(Br)ccc1OCC(=O)N1N=C(c2ccc(Cl)cc2)CC1c1ccc(Cl)cc1. The van der Waals surface area contributed by atoms with E-state index in [-0.39, 0.29) is 18.6 Å². The van der Waals surface area contributed by atoms with Crippen LogP contribution in [0.5, 0.6) is 5.75 Å². The number of halogens is 3. The molecule has 162 valence electrons. The van der Waals surface area contributed by atoms with E-state index >= 15 is 0 Å². The van der Waals surface area contributed by atoms with Crippen LogP contribution in [0.4, 0.5) is 0 Å². The van der Waals surface area contributed by atoms with Crippen molar-refractivity contribution in [3.8, 4) is 5.75 Å². The van der Waals surface area contributed by atoms with Gasteiger partial charge in [0.1, 0.15) is 5.75 Å². The number of nitrogens with zero attached hydrogens (tertiary/aromatic N) is 2. The lowest BCUT2D eigenvalue weighted by atomic mass is 9.98. The Labute approximate surface area is 203 Å². The van der Waals surface area contributed by atoms with E-state index in [1.165, 1.54) is 5.01 Å². The average molecular weight is 532 g/mol. The fraction of sp³-hybridized carbons (Fsp3) is 0.125. The van der Waals surface area contributed by atoms with E-state index in [0.29, 0.717) is 34.1 Å². The molecule has 1 aliphatic heterocycles. The van der Waals surface area contributed by atoms with E-state index in [2.05, 4.69) is 21.0 Å². The Morgan fingerprint density at radius 2 is 1.72 bits per heavy atom. The Hall–Kier alpha value is -2.67. The van der Waals surface area contributed by atoms with Crippen molar-refractivity contribution >= 4 is 57.0 Å². The first-order valence-corrected chi connectivity index (χ1v) is 11.3. The monoisotopic (exact) mass is 530 g/mol. The van der Waals surface area contributed by atoms with Gasteiger partial charge < -0.3 is 4.74 Å². The van der Waals surface area contributed by atoms with Crippen LogP contribution in [0.3, 0.4) is 0 Å². The third-order valence-electron chi connectivity index (χ3n) is 5.05. The molecular weight excluding hydrogens is 515 g/mol. The van der Waals surface area contributed by atoms with Gasteiger partial charge in [0, 0.05) is 20.9 Å². The highest BCUT2D eigenvalue weighted by Gasteiger charge is 2.33. The van der Waals surface area contributed by atoms with E-state index in [9.17, 15) is 9.59 Å². The van der Waals surface area contributed by atoms with Crippen LogP contribution in [0.25, 0.3) is 0 Å². The van der Waals surface area contributed by atoms with Crippen molar-refractivity contribution < 1.29 is 14.3 Å². The highest BCUT2D eigenvalue weighted by atomic mass is 79.9. The topological polar surface area (TPSA) is 59.0 Å². The number of hydrogen-bond donors (Lipinski definition) is 0. The second-order valence-corrected chi connectivity index (χ2v) is 8.94. The second kappa shape index (κ2) is 9.86. The molecule has 1 aliphatic rings. The lowest BCUT2D eigenvalue weighted by molar-refractivity contribution is -0.135. The molecule has 0 spiro atoms. The van der Waals surface area contributed by atoms with Crippen LogP contribution in [0, 0.1) is 0 Å². The van der Waals surface area contributed by atoms with Crippen molar-refractivity contribution in [3.05, 3.63) is 97.9 Å². The van der Waals surface area contributed by atoms with Crippen LogP contribution >= 0.6 is 39.1 Å². The zero-order chi connectivity index (χ0) is 22.7. The molecule has 0 saturated heterocycles. The number of ether oxygens (including phenoxy) is 1. The molecule has 5 nitrogen and oxygen atoms in total. The zero-order valence-corrected chi connectivity index (χ0v) is 19.8. The fourth-order valence-corrected chi connectivity index (χ4v) is 4.08. The molecule has 32 heavy (non-hydrogen) atoms. The molecule has 0 bridgehead atoms. The van der Waals surface area contributed by atoms with Gasteiger partial charge in [0.2, 0.25) is 0 Å². The van der Waals surface area contributed by atoms with Crippen LogP contribution < -0.4 is 4.74 Å². The number of carbonyl (C=O) groups is 2. The quantitative estimate of drug-likeness (QED) is 0.349. The Kier molecular flexibility index (Phi) is 6.94. The molecule has 0 aromatic heterocycles. The summed E-state index contributed by atoms with van der Waals surface area (Å²) in [5.74, 6) is 0.00868. The van der Waals surface area contributed by atoms with Gasteiger partial charge in [-0.15, -0.1) is 0 Å². The number of hydrogen-bond acceptors (Lipinski definition) is 4. The molecular formula is C24H17BrCl2N2O3. The minimum absolute atomic E-state index is 0.260. The van der Waals surface area contributed by atoms with Gasteiger partial charge >= 0.3 is 0 Å². The maximum Gasteiger partial charge on any atom is 0.281 e. The molecule has 4 rings (SSSR count). The first-order chi connectivity index (χ1) is 15.4. The van der Waals surface area contributed by atoms with Gasteiger partial charge in [-0.05, 0) is 53.6 Å². The van der Waals surface area contributed by atoms with Gasteiger partial charge in [0.15, 0.2) is 12.9 Å². The second-order valence-electron chi connectivity index (χ2n) is 7.15. The summed E-state index contributed by atoms with van der Waals surface area (Å²) in [6.07, 6.45) is 1.22. The van der Waals surface area contributed by atoms with Gasteiger partial charge in [-0.25, -0.2) is 5.01 Å². The predicted octanol–water partition coefficient (Wildman–Crippen LogP) is 6.33. The van der Waals surface area contributed by atoms with Gasteiger partial charge in [-0.3, -0.25) is 9.59 Å². The number of carbonyl (C=O) groups excluding carboxylic acids is 2. The molecule has 3 aromatic rings. The molecule has 8 heteroatoms. The van der Waals surface area contributed by atoms with Crippen LogP contribution in [0.15, 0.2) is 76.3 Å². The summed E-state index contributed by atoms with van der Waals surface area (Å²) in [5, 5.41) is 7.28. The Morgan fingerprint density at radius 3 is 2.38 bits per heavy atom. The molecule has 1 amide bonds. The number of amides is 1. The van der Waals surface area contributed by atoms with E-state index in [1.54, 1.807) is 42.5 Å². The number of rotatable bonds is 6. The smallest absolute Gasteiger partial charge is 0.281 e. The van der Waals surface area contributed by atoms with Crippen LogP contribution in [0.1, 0.15) is 33.9 Å². The van der Waals surface area contributed by atoms with Crippen molar-refractivity contribution in [2.24, 2.45) is 5.10 Å². The van der Waals surface area contributed by atoms with E-state index in [0.717, 1.165) is 21.3 Å². The third-order valence-corrected chi connectivity index (χ3v) is 6.05. The molecule has 0 N–H and O–H groups in total. The molecule has 1 heterocycles. The van der Waals surface area contributed by atoms with Crippen molar-refractivity contribution in [2.45, 2.75) is 12.5 Å². The largest absolute Gasteiger partial charge is 0.483 e. The van der Waals surface area contributed by atoms with E-state index in [1.807, 2.05) is 24.3 Å². The fourth-order valence-electron chi connectivity index (χ4n) is 3.45. The molecule has 0 fully saturated rings. The minimum atomic E-state index is -0.325. The normalized spacial score (nSPS) is 15.4. The van der Waals surface area contributed by atoms with Crippen molar-refractivity contribution in [3.63, 3.8) is 0 Å². The van der Waals surface area contributed by atoms with Crippen molar-refractivity contribution in [1.82, 2.24) is 5.01 Å². The number of hydrazone groups is 1. The lowest BCUT2D eigenvalue weighted by Crippen LogP contribution is -2.31. The standard InChI is InChI=1S/C24H17BrCl2N2O3/c25-18-5-10-23(17(11-18)13-30)32-14-24(31)29-22(16-3-8-20(27)9-4-16)12-21(28-29)15-1-6-19(26)7-2-15/h1-11,13,22H,12,14H2. The first kappa shape index (κ1) is 22.5. The average Bonchev–Trinajstić information content (AvgIpc) is 3.24. The van der Waals surface area contributed by atoms with Crippen LogP contribution in [-0.4, -0.2) is 29.5 Å². The van der Waals surface area contributed by atoms with Crippen LogP contribution in [-0.2, 0) is 4.79 Å². The Balaban J connectivity index is 1.59.